The Morgan fingerprint density at radius 3 is 2.64 bits per heavy atom. The summed E-state index contributed by atoms with van der Waals surface area (Å²) in [6, 6.07) is 7.80. The van der Waals surface area contributed by atoms with E-state index in [0.29, 0.717) is 19.4 Å². The highest BCUT2D eigenvalue weighted by Crippen LogP contribution is 2.52. The molecule has 1 saturated heterocycles. The zero-order valence-corrected chi connectivity index (χ0v) is 15.4. The van der Waals surface area contributed by atoms with Gasteiger partial charge in [0, 0.05) is 18.0 Å². The summed E-state index contributed by atoms with van der Waals surface area (Å²) < 4.78 is 5.33. The molecular formula is C21H27NO3. The Hall–Kier alpha value is -2.10. The average molecular weight is 341 g/mol. The molecule has 4 nitrogen and oxygen atoms in total. The third-order valence-electron chi connectivity index (χ3n) is 5.15. The summed E-state index contributed by atoms with van der Waals surface area (Å²) in [6.07, 6.45) is 2.76. The smallest absolute Gasteiger partial charge is 0.313 e. The Labute approximate surface area is 149 Å². The van der Waals surface area contributed by atoms with E-state index >= 15 is 0 Å². The molecule has 0 bridgehead atoms. The van der Waals surface area contributed by atoms with Gasteiger partial charge in [0.05, 0.1) is 12.0 Å². The van der Waals surface area contributed by atoms with Crippen molar-refractivity contribution in [2.24, 2.45) is 16.7 Å². The summed E-state index contributed by atoms with van der Waals surface area (Å²) >= 11 is 0. The number of ether oxygens (including phenoxy) is 1. The highest BCUT2D eigenvalue weighted by molar-refractivity contribution is 5.91. The van der Waals surface area contributed by atoms with Crippen LogP contribution in [0.25, 0.3) is 0 Å². The molecule has 1 saturated carbocycles. The molecule has 1 N–H and O–H groups in total. The van der Waals surface area contributed by atoms with Gasteiger partial charge in [0.1, 0.15) is 0 Å². The Kier molecular flexibility index (Phi) is 4.48. The van der Waals surface area contributed by atoms with E-state index in [9.17, 15) is 9.59 Å². The van der Waals surface area contributed by atoms with Gasteiger partial charge in [-0.15, -0.1) is 0 Å². The van der Waals surface area contributed by atoms with E-state index in [-0.39, 0.29) is 23.2 Å². The van der Waals surface area contributed by atoms with Crippen LogP contribution in [0.15, 0.2) is 36.4 Å². The number of carbonyl (C=O) groups excluding carboxylic acids is 2. The Bertz CT molecular complexity index is 699. The van der Waals surface area contributed by atoms with Crippen LogP contribution >= 0.6 is 0 Å². The van der Waals surface area contributed by atoms with Crippen LogP contribution in [0.3, 0.4) is 0 Å². The maximum atomic E-state index is 12.4. The molecule has 134 valence electrons. The second-order valence-corrected chi connectivity index (χ2v) is 8.74. The molecule has 2 atom stereocenters. The number of fused-ring (bicyclic) bond motifs is 1. The number of hydrogen-bond donors (Lipinski definition) is 1. The Morgan fingerprint density at radius 1 is 1.32 bits per heavy atom. The number of cyclic esters (lactones) is 1. The molecule has 0 aromatic heterocycles. The molecule has 1 heterocycles. The van der Waals surface area contributed by atoms with Crippen LogP contribution in [0.4, 0.5) is 5.69 Å². The number of rotatable bonds is 4. The van der Waals surface area contributed by atoms with Gasteiger partial charge in [-0.25, -0.2) is 0 Å². The average Bonchev–Trinajstić information content (AvgIpc) is 2.95. The molecule has 0 spiro atoms. The lowest BCUT2D eigenvalue weighted by atomic mass is 9.75. The summed E-state index contributed by atoms with van der Waals surface area (Å²) in [7, 11) is 0. The van der Waals surface area contributed by atoms with Crippen molar-refractivity contribution in [2.45, 2.75) is 46.5 Å². The van der Waals surface area contributed by atoms with Crippen LogP contribution in [0.1, 0.15) is 45.6 Å². The molecule has 25 heavy (non-hydrogen) atoms. The zero-order chi connectivity index (χ0) is 18.2. The third kappa shape index (κ3) is 3.78. The standard InChI is InChI=1S/C21H27NO3/c1-14-9-16-13-25-19(24)21(16,10-14)11-15-5-7-17(8-6-15)22-18(23)12-20(2,3)4/h5-8,16H,1,9-13H2,2-4H3,(H,22,23). The number of allylic oxidation sites excluding steroid dienone is 1. The molecule has 3 rings (SSSR count). The van der Waals surface area contributed by atoms with E-state index in [1.54, 1.807) is 0 Å². The minimum atomic E-state index is -0.436. The van der Waals surface area contributed by atoms with Crippen LogP contribution < -0.4 is 5.32 Å². The van der Waals surface area contributed by atoms with Gasteiger partial charge in [-0.2, -0.15) is 0 Å². The minimum absolute atomic E-state index is 0.0189. The topological polar surface area (TPSA) is 55.4 Å². The number of nitrogens with one attached hydrogen (secondary N) is 1. The first-order valence-corrected chi connectivity index (χ1v) is 8.91. The van der Waals surface area contributed by atoms with Crippen molar-refractivity contribution >= 4 is 17.6 Å². The van der Waals surface area contributed by atoms with Gasteiger partial charge in [-0.3, -0.25) is 9.59 Å². The van der Waals surface area contributed by atoms with Crippen LogP contribution in [0.5, 0.6) is 0 Å². The van der Waals surface area contributed by atoms with Crippen molar-refractivity contribution in [1.82, 2.24) is 0 Å². The first-order valence-electron chi connectivity index (χ1n) is 8.91. The molecule has 4 heteroatoms. The molecule has 2 fully saturated rings. The molecule has 0 radical (unpaired) electrons. The monoisotopic (exact) mass is 341 g/mol. The van der Waals surface area contributed by atoms with E-state index in [1.807, 2.05) is 45.0 Å². The first-order chi connectivity index (χ1) is 11.7. The van der Waals surface area contributed by atoms with Crippen molar-refractivity contribution in [3.8, 4) is 0 Å². The van der Waals surface area contributed by atoms with Crippen molar-refractivity contribution < 1.29 is 14.3 Å². The lowest BCUT2D eigenvalue weighted by Gasteiger charge is -2.24. The predicted octanol–water partition coefficient (Wildman–Crippen LogP) is 4.11. The van der Waals surface area contributed by atoms with E-state index in [2.05, 4.69) is 11.9 Å². The maximum absolute atomic E-state index is 12.4. The summed E-state index contributed by atoms with van der Waals surface area (Å²) in [5.74, 6) is 0.183. The fourth-order valence-electron chi connectivity index (χ4n) is 4.02. The van der Waals surface area contributed by atoms with Crippen molar-refractivity contribution in [1.29, 1.82) is 0 Å². The lowest BCUT2D eigenvalue weighted by molar-refractivity contribution is -0.146. The number of hydrogen-bond acceptors (Lipinski definition) is 3. The van der Waals surface area contributed by atoms with Crippen molar-refractivity contribution in [2.75, 3.05) is 11.9 Å². The molecule has 2 aliphatic rings. The minimum Gasteiger partial charge on any atom is -0.465 e. The lowest BCUT2D eigenvalue weighted by Crippen LogP contribution is -2.31. The quantitative estimate of drug-likeness (QED) is 0.662. The number of anilines is 1. The Morgan fingerprint density at radius 2 is 2.00 bits per heavy atom. The molecular weight excluding hydrogens is 314 g/mol. The van der Waals surface area contributed by atoms with Gasteiger partial charge in [-0.05, 0) is 42.4 Å². The van der Waals surface area contributed by atoms with Crippen LogP contribution in [-0.4, -0.2) is 18.5 Å². The van der Waals surface area contributed by atoms with Gasteiger partial charge in [0.15, 0.2) is 0 Å². The first kappa shape index (κ1) is 17.7. The maximum Gasteiger partial charge on any atom is 0.313 e. The van der Waals surface area contributed by atoms with Crippen LogP contribution in [-0.2, 0) is 20.7 Å². The molecule has 2 unspecified atom stereocenters. The van der Waals surface area contributed by atoms with Crippen LogP contribution in [0, 0.1) is 16.7 Å². The van der Waals surface area contributed by atoms with E-state index < -0.39 is 5.41 Å². The van der Waals surface area contributed by atoms with Gasteiger partial charge >= 0.3 is 5.97 Å². The van der Waals surface area contributed by atoms with E-state index in [0.717, 1.165) is 29.7 Å². The number of carbonyl (C=O) groups is 2. The highest BCUT2D eigenvalue weighted by Gasteiger charge is 2.55. The number of benzene rings is 1. The van der Waals surface area contributed by atoms with Gasteiger partial charge in [-0.1, -0.05) is 45.1 Å². The predicted molar refractivity (Wildman–Crippen MR) is 98.1 cm³/mol. The SMILES string of the molecule is C=C1CC2COC(=O)C2(Cc2ccc(NC(=O)CC(C)(C)C)cc2)C1. The van der Waals surface area contributed by atoms with Crippen LogP contribution in [0.2, 0.25) is 0 Å². The fourth-order valence-corrected chi connectivity index (χ4v) is 4.02. The zero-order valence-electron chi connectivity index (χ0n) is 15.4. The van der Waals surface area contributed by atoms with Crippen molar-refractivity contribution in [3.05, 3.63) is 42.0 Å². The van der Waals surface area contributed by atoms with Crippen molar-refractivity contribution in [3.63, 3.8) is 0 Å². The second-order valence-electron chi connectivity index (χ2n) is 8.74. The van der Waals surface area contributed by atoms with E-state index in [1.165, 1.54) is 0 Å². The van der Waals surface area contributed by atoms with E-state index in [4.69, 9.17) is 4.74 Å². The normalized spacial score (nSPS) is 25.6. The summed E-state index contributed by atoms with van der Waals surface area (Å²) in [5, 5.41) is 2.94. The summed E-state index contributed by atoms with van der Waals surface area (Å²) in [5.41, 5.74) is 2.55. The second kappa shape index (κ2) is 6.32. The van der Waals surface area contributed by atoms with Gasteiger partial charge in [0.25, 0.3) is 0 Å². The molecule has 1 amide bonds. The number of amides is 1. The third-order valence-corrected chi connectivity index (χ3v) is 5.15. The van der Waals surface area contributed by atoms with Gasteiger partial charge < -0.3 is 10.1 Å². The number of esters is 1. The molecule has 1 aliphatic heterocycles. The summed E-state index contributed by atoms with van der Waals surface area (Å²) in [4.78, 5) is 24.4. The molecule has 1 aromatic rings. The highest BCUT2D eigenvalue weighted by atomic mass is 16.5. The molecule has 1 aromatic carbocycles. The summed E-state index contributed by atoms with van der Waals surface area (Å²) in [6.45, 7) is 10.7. The Balaban J connectivity index is 1.68. The largest absolute Gasteiger partial charge is 0.465 e. The molecule has 1 aliphatic carbocycles. The fraction of sp³-hybridized carbons (Fsp3) is 0.524. The van der Waals surface area contributed by atoms with Gasteiger partial charge in [0.2, 0.25) is 5.91 Å².